The fourth-order valence-electron chi connectivity index (χ4n) is 3.73. The number of nitrogens with zero attached hydrogens (tertiary/aromatic N) is 6. The third kappa shape index (κ3) is 5.03. The predicted molar refractivity (Wildman–Crippen MR) is 121 cm³/mol. The Kier molecular flexibility index (Phi) is 5.93. The van der Waals surface area contributed by atoms with Gasteiger partial charge in [0.25, 0.3) is 12.0 Å². The maximum absolute atomic E-state index is 13.7. The number of alkyl halides is 5. The van der Waals surface area contributed by atoms with Crippen LogP contribution in [0.25, 0.3) is 38.8 Å². The van der Waals surface area contributed by atoms with E-state index in [0.717, 1.165) is 23.8 Å². The van der Waals surface area contributed by atoms with E-state index in [-0.39, 0.29) is 28.0 Å². The van der Waals surface area contributed by atoms with Gasteiger partial charge in [-0.15, -0.1) is 13.2 Å². The number of halogens is 5. The highest BCUT2D eigenvalue weighted by Gasteiger charge is 2.31. The lowest BCUT2D eigenvalue weighted by Crippen LogP contribution is -2.21. The average molecular weight is 518 g/mol. The summed E-state index contributed by atoms with van der Waals surface area (Å²) >= 11 is 0. The Hall–Kier alpha value is -4.62. The molecule has 0 saturated heterocycles. The molecule has 37 heavy (non-hydrogen) atoms. The molecule has 0 spiro atoms. The SMILES string of the molecule is Cn1cc2cc(-n3cc4ncc(OCC(F)F)nc4c(-c4ccc(OC(F)(F)F)nc4)c3=O)ccc2n1. The monoisotopic (exact) mass is 518 g/mol. The van der Waals surface area contributed by atoms with E-state index >= 15 is 0 Å². The molecule has 0 aliphatic heterocycles. The van der Waals surface area contributed by atoms with Crippen LogP contribution in [0, 0.1) is 0 Å². The summed E-state index contributed by atoms with van der Waals surface area (Å²) < 4.78 is 74.6. The van der Waals surface area contributed by atoms with Gasteiger partial charge in [0.05, 0.1) is 17.3 Å². The van der Waals surface area contributed by atoms with Crippen LogP contribution in [-0.2, 0) is 7.05 Å². The van der Waals surface area contributed by atoms with Crippen molar-refractivity contribution in [2.75, 3.05) is 6.61 Å². The molecule has 1 aromatic carbocycles. The van der Waals surface area contributed by atoms with Gasteiger partial charge in [0, 0.05) is 48.3 Å². The summed E-state index contributed by atoms with van der Waals surface area (Å²) in [5.41, 5.74) is 0.750. The van der Waals surface area contributed by atoms with Crippen LogP contribution in [0.5, 0.6) is 11.8 Å². The maximum Gasteiger partial charge on any atom is 0.574 e. The van der Waals surface area contributed by atoms with Crippen molar-refractivity contribution in [3.8, 4) is 28.6 Å². The van der Waals surface area contributed by atoms with Gasteiger partial charge in [-0.05, 0) is 24.3 Å². The number of benzene rings is 1. The summed E-state index contributed by atoms with van der Waals surface area (Å²) in [6, 6.07) is 7.26. The van der Waals surface area contributed by atoms with Crippen molar-refractivity contribution >= 4 is 21.9 Å². The third-order valence-corrected chi connectivity index (χ3v) is 5.18. The van der Waals surface area contributed by atoms with Crippen molar-refractivity contribution in [3.05, 3.63) is 65.5 Å². The number of aromatic nitrogens is 6. The number of fused-ring (bicyclic) bond motifs is 2. The highest BCUT2D eigenvalue weighted by atomic mass is 19.4. The molecule has 9 nitrogen and oxygen atoms in total. The van der Waals surface area contributed by atoms with Crippen LogP contribution < -0.4 is 15.0 Å². The second kappa shape index (κ2) is 9.11. The molecule has 5 rings (SSSR count). The lowest BCUT2D eigenvalue weighted by molar-refractivity contribution is -0.276. The Morgan fingerprint density at radius 1 is 1.00 bits per heavy atom. The molecule has 4 aromatic heterocycles. The second-order valence-corrected chi connectivity index (χ2v) is 7.80. The van der Waals surface area contributed by atoms with Crippen molar-refractivity contribution in [1.82, 2.24) is 29.3 Å². The molecule has 0 saturated carbocycles. The highest BCUT2D eigenvalue weighted by molar-refractivity contribution is 5.91. The van der Waals surface area contributed by atoms with Gasteiger partial charge in [0.2, 0.25) is 11.8 Å². The van der Waals surface area contributed by atoms with Crippen LogP contribution in [0.4, 0.5) is 22.0 Å². The first-order chi connectivity index (χ1) is 17.6. The smallest absolute Gasteiger partial charge is 0.470 e. The summed E-state index contributed by atoms with van der Waals surface area (Å²) in [5, 5.41) is 5.05. The minimum absolute atomic E-state index is 0.0123. The lowest BCUT2D eigenvalue weighted by Gasteiger charge is -2.13. The molecule has 0 aliphatic rings. The Morgan fingerprint density at radius 2 is 1.81 bits per heavy atom. The molecule has 14 heteroatoms. The van der Waals surface area contributed by atoms with E-state index in [4.69, 9.17) is 4.74 Å². The standard InChI is InChI=1S/C23H15F5N6O3/c1-33-9-13-6-14(3-4-15(13)32-33)34-10-16-21(31-19(8-29-16)36-11-17(24)25)20(22(34)35)12-2-5-18(30-7-12)37-23(26,27)28/h2-10,17H,11H2,1H3. The third-order valence-electron chi connectivity index (χ3n) is 5.18. The summed E-state index contributed by atoms with van der Waals surface area (Å²) in [5.74, 6) is -0.987. The molecular weight excluding hydrogens is 503 g/mol. The van der Waals surface area contributed by atoms with Crippen molar-refractivity contribution in [2.45, 2.75) is 12.8 Å². The maximum atomic E-state index is 13.7. The van der Waals surface area contributed by atoms with Gasteiger partial charge in [-0.3, -0.25) is 14.0 Å². The van der Waals surface area contributed by atoms with Gasteiger partial charge >= 0.3 is 6.36 Å². The van der Waals surface area contributed by atoms with Crippen LogP contribution in [0.2, 0.25) is 0 Å². The number of aryl methyl sites for hydroxylation is 1. The first-order valence-corrected chi connectivity index (χ1v) is 10.6. The fraction of sp³-hybridized carbons (Fsp3) is 0.174. The van der Waals surface area contributed by atoms with Crippen molar-refractivity contribution in [3.63, 3.8) is 0 Å². The normalized spacial score (nSPS) is 12.0. The minimum Gasteiger partial charge on any atom is -0.470 e. The van der Waals surface area contributed by atoms with Gasteiger partial charge in [0.1, 0.15) is 11.0 Å². The van der Waals surface area contributed by atoms with E-state index in [1.165, 1.54) is 16.8 Å². The van der Waals surface area contributed by atoms with Gasteiger partial charge in [0.15, 0.2) is 6.61 Å². The van der Waals surface area contributed by atoms with E-state index in [2.05, 4.69) is 24.8 Å². The lowest BCUT2D eigenvalue weighted by atomic mass is 10.1. The number of hydrogen-bond acceptors (Lipinski definition) is 7. The largest absolute Gasteiger partial charge is 0.574 e. The fourth-order valence-corrected chi connectivity index (χ4v) is 3.73. The van der Waals surface area contributed by atoms with Gasteiger partial charge in [-0.2, -0.15) is 5.10 Å². The van der Waals surface area contributed by atoms with E-state index in [1.807, 2.05) is 0 Å². The topological polar surface area (TPSA) is 97.0 Å². The van der Waals surface area contributed by atoms with Crippen molar-refractivity contribution in [1.29, 1.82) is 0 Å². The van der Waals surface area contributed by atoms with Gasteiger partial charge in [-0.1, -0.05) is 0 Å². The first-order valence-electron chi connectivity index (χ1n) is 10.6. The Morgan fingerprint density at radius 3 is 2.51 bits per heavy atom. The molecule has 5 aromatic rings. The summed E-state index contributed by atoms with van der Waals surface area (Å²) in [6.45, 7) is -0.942. The first kappa shape index (κ1) is 24.1. The zero-order valence-corrected chi connectivity index (χ0v) is 18.8. The van der Waals surface area contributed by atoms with Crippen LogP contribution in [-0.4, -0.2) is 48.7 Å². The van der Waals surface area contributed by atoms with Gasteiger partial charge < -0.3 is 9.47 Å². The molecule has 0 fully saturated rings. The molecule has 0 N–H and O–H groups in total. The molecular formula is C23H15F5N6O3. The van der Waals surface area contributed by atoms with E-state index in [9.17, 15) is 26.7 Å². The van der Waals surface area contributed by atoms with E-state index < -0.39 is 30.8 Å². The molecule has 0 unspecified atom stereocenters. The summed E-state index contributed by atoms with van der Waals surface area (Å²) in [6.07, 6.45) is -2.39. The molecule has 0 atom stereocenters. The molecule has 190 valence electrons. The summed E-state index contributed by atoms with van der Waals surface area (Å²) in [4.78, 5) is 25.7. The van der Waals surface area contributed by atoms with Crippen LogP contribution in [0.1, 0.15) is 0 Å². The van der Waals surface area contributed by atoms with Crippen LogP contribution >= 0.6 is 0 Å². The van der Waals surface area contributed by atoms with Crippen molar-refractivity contribution in [2.24, 2.45) is 7.05 Å². The average Bonchev–Trinajstić information content (AvgIpc) is 3.21. The molecule has 4 heterocycles. The molecule has 0 aliphatic carbocycles. The van der Waals surface area contributed by atoms with Crippen LogP contribution in [0.3, 0.4) is 0 Å². The number of rotatable bonds is 6. The molecule has 0 radical (unpaired) electrons. The zero-order valence-electron chi connectivity index (χ0n) is 18.8. The van der Waals surface area contributed by atoms with Crippen LogP contribution in [0.15, 0.2) is 59.9 Å². The quantitative estimate of drug-likeness (QED) is 0.310. The number of hydrogen-bond donors (Lipinski definition) is 0. The minimum atomic E-state index is -4.95. The second-order valence-electron chi connectivity index (χ2n) is 7.80. The zero-order chi connectivity index (χ0) is 26.3. The van der Waals surface area contributed by atoms with E-state index in [0.29, 0.717) is 11.2 Å². The van der Waals surface area contributed by atoms with Gasteiger partial charge in [-0.25, -0.2) is 23.7 Å². The molecule has 0 bridgehead atoms. The highest BCUT2D eigenvalue weighted by Crippen LogP contribution is 2.28. The Labute approximate surface area is 203 Å². The number of ether oxygens (including phenoxy) is 2. The Bertz CT molecular complexity index is 1660. The number of pyridine rings is 2. The van der Waals surface area contributed by atoms with Crippen molar-refractivity contribution < 1.29 is 31.4 Å². The van der Waals surface area contributed by atoms with E-state index in [1.54, 1.807) is 36.1 Å². The predicted octanol–water partition coefficient (Wildman–Crippen LogP) is 4.27. The molecule has 0 amide bonds. The summed E-state index contributed by atoms with van der Waals surface area (Å²) in [7, 11) is 1.75. The Balaban J connectivity index is 1.69.